The molecule has 1 unspecified atom stereocenters. The van der Waals surface area contributed by atoms with Gasteiger partial charge in [0.1, 0.15) is 0 Å². The first-order valence-electron chi connectivity index (χ1n) is 5.76. The van der Waals surface area contributed by atoms with E-state index in [0.717, 1.165) is 19.4 Å². The summed E-state index contributed by atoms with van der Waals surface area (Å²) in [7, 11) is 0. The van der Waals surface area contributed by atoms with Gasteiger partial charge in [-0.05, 0) is 42.1 Å². The Morgan fingerprint density at radius 2 is 2.19 bits per heavy atom. The minimum atomic E-state index is 0.433. The van der Waals surface area contributed by atoms with Crippen molar-refractivity contribution in [3.05, 3.63) is 59.5 Å². The molecular formula is C14H15NO. The van der Waals surface area contributed by atoms with Gasteiger partial charge < -0.3 is 9.73 Å². The van der Waals surface area contributed by atoms with Crippen LogP contribution in [-0.4, -0.2) is 6.54 Å². The second-order valence-electron chi connectivity index (χ2n) is 4.29. The van der Waals surface area contributed by atoms with Gasteiger partial charge in [-0.1, -0.05) is 24.3 Å². The van der Waals surface area contributed by atoms with E-state index in [1.807, 2.05) is 12.3 Å². The summed E-state index contributed by atoms with van der Waals surface area (Å²) in [5, 5.41) is 3.57. The fraction of sp³-hybridized carbons (Fsp3) is 0.286. The quantitative estimate of drug-likeness (QED) is 0.829. The first-order valence-corrected chi connectivity index (χ1v) is 5.76. The summed E-state index contributed by atoms with van der Waals surface area (Å²) >= 11 is 0. The molecule has 0 amide bonds. The first-order chi connectivity index (χ1) is 7.93. The van der Waals surface area contributed by atoms with Crippen molar-refractivity contribution >= 4 is 0 Å². The average Bonchev–Trinajstić information content (AvgIpc) is 2.82. The van der Waals surface area contributed by atoms with Crippen LogP contribution >= 0.6 is 0 Å². The maximum absolute atomic E-state index is 5.12. The molecule has 1 aromatic carbocycles. The molecule has 16 heavy (non-hydrogen) atoms. The van der Waals surface area contributed by atoms with Gasteiger partial charge in [0.05, 0.1) is 12.5 Å². The number of hydrogen-bond donors (Lipinski definition) is 1. The molecule has 1 aromatic heterocycles. The second kappa shape index (κ2) is 4.14. The van der Waals surface area contributed by atoms with Crippen LogP contribution < -0.4 is 5.32 Å². The Kier molecular flexibility index (Phi) is 2.50. The Morgan fingerprint density at radius 3 is 3.06 bits per heavy atom. The molecular weight excluding hydrogens is 198 g/mol. The van der Waals surface area contributed by atoms with Crippen molar-refractivity contribution in [3.8, 4) is 0 Å². The summed E-state index contributed by atoms with van der Waals surface area (Å²) in [5.74, 6) is 0. The number of fused-ring (bicyclic) bond motifs is 1. The molecule has 0 spiro atoms. The van der Waals surface area contributed by atoms with E-state index in [9.17, 15) is 0 Å². The fourth-order valence-electron chi connectivity index (χ4n) is 2.42. The van der Waals surface area contributed by atoms with Gasteiger partial charge in [-0.25, -0.2) is 0 Å². The lowest BCUT2D eigenvalue weighted by molar-refractivity contribution is 0.497. The van der Waals surface area contributed by atoms with Gasteiger partial charge in [0.15, 0.2) is 0 Å². The molecule has 0 saturated carbocycles. The number of hydrogen-bond acceptors (Lipinski definition) is 2. The van der Waals surface area contributed by atoms with Gasteiger partial charge in [0, 0.05) is 6.04 Å². The lowest BCUT2D eigenvalue weighted by Crippen LogP contribution is -2.31. The highest BCUT2D eigenvalue weighted by Gasteiger charge is 2.19. The standard InChI is InChI=1S/C14H15NO/c1-2-4-13-12(3-1)5-7-15-14(13)9-11-6-8-16-10-11/h1-4,6,8,10,14-15H,5,7,9H2. The summed E-state index contributed by atoms with van der Waals surface area (Å²) in [6.07, 6.45) is 5.72. The van der Waals surface area contributed by atoms with E-state index < -0.39 is 0 Å². The highest BCUT2D eigenvalue weighted by Crippen LogP contribution is 2.25. The smallest absolute Gasteiger partial charge is 0.0935 e. The lowest BCUT2D eigenvalue weighted by atomic mass is 9.91. The van der Waals surface area contributed by atoms with Crippen molar-refractivity contribution in [2.24, 2.45) is 0 Å². The van der Waals surface area contributed by atoms with Gasteiger partial charge in [-0.15, -0.1) is 0 Å². The minimum absolute atomic E-state index is 0.433. The molecule has 2 heteroatoms. The molecule has 2 nitrogen and oxygen atoms in total. The van der Waals surface area contributed by atoms with Crippen LogP contribution in [0.5, 0.6) is 0 Å². The van der Waals surface area contributed by atoms with Crippen LogP contribution in [0, 0.1) is 0 Å². The summed E-state index contributed by atoms with van der Waals surface area (Å²) in [6, 6.07) is 11.2. The maximum Gasteiger partial charge on any atom is 0.0935 e. The summed E-state index contributed by atoms with van der Waals surface area (Å²) in [4.78, 5) is 0. The lowest BCUT2D eigenvalue weighted by Gasteiger charge is -2.26. The van der Waals surface area contributed by atoms with Crippen molar-refractivity contribution < 1.29 is 4.42 Å². The molecule has 1 aliphatic heterocycles. The van der Waals surface area contributed by atoms with Crippen LogP contribution in [0.3, 0.4) is 0 Å². The predicted molar refractivity (Wildman–Crippen MR) is 63.3 cm³/mol. The number of furan rings is 1. The Balaban J connectivity index is 1.87. The molecule has 0 fully saturated rings. The number of rotatable bonds is 2. The zero-order valence-electron chi connectivity index (χ0n) is 9.15. The molecule has 3 rings (SSSR count). The van der Waals surface area contributed by atoms with Crippen LogP contribution in [-0.2, 0) is 12.8 Å². The highest BCUT2D eigenvalue weighted by atomic mass is 16.3. The fourth-order valence-corrected chi connectivity index (χ4v) is 2.42. The molecule has 0 saturated heterocycles. The summed E-state index contributed by atoms with van der Waals surface area (Å²) < 4.78 is 5.12. The Labute approximate surface area is 95.3 Å². The van der Waals surface area contributed by atoms with Crippen LogP contribution in [0.2, 0.25) is 0 Å². The Morgan fingerprint density at radius 1 is 1.25 bits per heavy atom. The topological polar surface area (TPSA) is 25.2 Å². The highest BCUT2D eigenvalue weighted by molar-refractivity contribution is 5.33. The predicted octanol–water partition coefficient (Wildman–Crippen LogP) is 2.71. The Hall–Kier alpha value is -1.54. The summed E-state index contributed by atoms with van der Waals surface area (Å²) in [5.41, 5.74) is 4.18. The van der Waals surface area contributed by atoms with E-state index in [4.69, 9.17) is 4.42 Å². The average molecular weight is 213 g/mol. The van der Waals surface area contributed by atoms with Crippen molar-refractivity contribution in [3.63, 3.8) is 0 Å². The van der Waals surface area contributed by atoms with E-state index in [1.165, 1.54) is 16.7 Å². The van der Waals surface area contributed by atoms with Crippen molar-refractivity contribution in [2.75, 3.05) is 6.54 Å². The molecule has 0 bridgehead atoms. The summed E-state index contributed by atoms with van der Waals surface area (Å²) in [6.45, 7) is 1.07. The third kappa shape index (κ3) is 1.76. The van der Waals surface area contributed by atoms with Gasteiger partial charge in [-0.3, -0.25) is 0 Å². The molecule has 1 aliphatic rings. The number of nitrogens with one attached hydrogen (secondary N) is 1. The zero-order chi connectivity index (χ0) is 10.8. The molecule has 0 aliphatic carbocycles. The first kappa shape index (κ1) is 9.67. The maximum atomic E-state index is 5.12. The zero-order valence-corrected chi connectivity index (χ0v) is 9.15. The molecule has 82 valence electrons. The molecule has 1 N–H and O–H groups in total. The van der Waals surface area contributed by atoms with Crippen LogP contribution in [0.1, 0.15) is 22.7 Å². The monoisotopic (exact) mass is 213 g/mol. The molecule has 0 radical (unpaired) electrons. The van der Waals surface area contributed by atoms with Crippen molar-refractivity contribution in [1.82, 2.24) is 5.32 Å². The van der Waals surface area contributed by atoms with E-state index in [2.05, 4.69) is 29.6 Å². The normalized spacial score (nSPS) is 19.4. The van der Waals surface area contributed by atoms with Gasteiger partial charge in [0.25, 0.3) is 0 Å². The van der Waals surface area contributed by atoms with Gasteiger partial charge in [-0.2, -0.15) is 0 Å². The third-order valence-electron chi connectivity index (χ3n) is 3.24. The molecule has 2 aromatic rings. The largest absolute Gasteiger partial charge is 0.472 e. The van der Waals surface area contributed by atoms with E-state index in [0.29, 0.717) is 6.04 Å². The molecule has 1 atom stereocenters. The number of benzene rings is 1. The van der Waals surface area contributed by atoms with Crippen molar-refractivity contribution in [2.45, 2.75) is 18.9 Å². The van der Waals surface area contributed by atoms with E-state index >= 15 is 0 Å². The van der Waals surface area contributed by atoms with Crippen LogP contribution in [0.4, 0.5) is 0 Å². The van der Waals surface area contributed by atoms with Crippen molar-refractivity contribution in [1.29, 1.82) is 0 Å². The SMILES string of the molecule is c1ccc2c(c1)CCNC2Cc1ccoc1. The molecule has 2 heterocycles. The van der Waals surface area contributed by atoms with E-state index in [1.54, 1.807) is 6.26 Å². The minimum Gasteiger partial charge on any atom is -0.472 e. The Bertz CT molecular complexity index is 461. The van der Waals surface area contributed by atoms with E-state index in [-0.39, 0.29) is 0 Å². The van der Waals surface area contributed by atoms with Gasteiger partial charge >= 0.3 is 0 Å². The van der Waals surface area contributed by atoms with Gasteiger partial charge in [0.2, 0.25) is 0 Å². The second-order valence-corrected chi connectivity index (χ2v) is 4.29. The van der Waals surface area contributed by atoms with Crippen LogP contribution in [0.15, 0.2) is 47.3 Å². The third-order valence-corrected chi connectivity index (χ3v) is 3.24. The van der Waals surface area contributed by atoms with Crippen LogP contribution in [0.25, 0.3) is 0 Å².